The van der Waals surface area contributed by atoms with Crippen LogP contribution in [0.2, 0.25) is 5.02 Å². The Morgan fingerprint density at radius 2 is 2.05 bits per heavy atom. The van der Waals surface area contributed by atoms with Crippen LogP contribution in [-0.4, -0.2) is 23.1 Å². The van der Waals surface area contributed by atoms with Gasteiger partial charge in [0.15, 0.2) is 5.11 Å². The predicted molar refractivity (Wildman–Crippen MR) is 90.1 cm³/mol. The average molecular weight is 311 g/mol. The molecule has 1 N–H and O–H groups in total. The summed E-state index contributed by atoms with van der Waals surface area (Å²) in [4.78, 5) is 2.07. The average Bonchev–Trinajstić information content (AvgIpc) is 2.43. The summed E-state index contributed by atoms with van der Waals surface area (Å²) in [6.45, 7) is 3.06. The van der Waals surface area contributed by atoms with Crippen LogP contribution in [0.1, 0.15) is 38.2 Å². The molecule has 2 atom stereocenters. The molecule has 4 heteroatoms. The standard InChI is InChI=1S/C16H23ClN2S/c1-12-7-3-6-10-15(12)18-16(20)19(2)11-13-8-4-5-9-14(13)17/h4-5,8-9,12,15H,3,6-7,10-11H2,1-2H3,(H,18,20)/t12-,15+/m1/s1. The maximum Gasteiger partial charge on any atom is 0.169 e. The smallest absolute Gasteiger partial charge is 0.169 e. The fourth-order valence-corrected chi connectivity index (χ4v) is 3.16. The van der Waals surface area contributed by atoms with Crippen LogP contribution in [0.5, 0.6) is 0 Å². The van der Waals surface area contributed by atoms with Crippen molar-refractivity contribution in [3.8, 4) is 0 Å². The molecular formula is C16H23ClN2S. The number of hydrogen-bond donors (Lipinski definition) is 1. The molecule has 0 radical (unpaired) electrons. The molecule has 1 aromatic carbocycles. The number of halogens is 1. The van der Waals surface area contributed by atoms with Gasteiger partial charge in [0.05, 0.1) is 0 Å². The molecule has 2 rings (SSSR count). The Bertz CT molecular complexity index is 464. The van der Waals surface area contributed by atoms with Gasteiger partial charge in [-0.3, -0.25) is 0 Å². The molecule has 0 aromatic heterocycles. The Morgan fingerprint density at radius 3 is 2.75 bits per heavy atom. The number of benzene rings is 1. The number of rotatable bonds is 3. The highest BCUT2D eigenvalue weighted by molar-refractivity contribution is 7.80. The first-order valence-corrected chi connectivity index (χ1v) is 8.11. The lowest BCUT2D eigenvalue weighted by atomic mass is 9.86. The zero-order valence-electron chi connectivity index (χ0n) is 12.2. The molecule has 0 heterocycles. The zero-order chi connectivity index (χ0) is 14.5. The molecule has 0 saturated heterocycles. The second-order valence-electron chi connectivity index (χ2n) is 5.77. The Labute approximate surface area is 132 Å². The first kappa shape index (κ1) is 15.6. The van der Waals surface area contributed by atoms with Crippen molar-refractivity contribution in [1.29, 1.82) is 0 Å². The maximum atomic E-state index is 6.20. The minimum Gasteiger partial charge on any atom is -0.360 e. The van der Waals surface area contributed by atoms with Crippen molar-refractivity contribution in [2.24, 2.45) is 5.92 Å². The number of nitrogens with one attached hydrogen (secondary N) is 1. The lowest BCUT2D eigenvalue weighted by Crippen LogP contribution is -2.46. The van der Waals surface area contributed by atoms with Gasteiger partial charge in [-0.2, -0.15) is 0 Å². The Morgan fingerprint density at radius 1 is 1.35 bits per heavy atom. The van der Waals surface area contributed by atoms with Gasteiger partial charge in [0, 0.05) is 24.7 Å². The van der Waals surface area contributed by atoms with E-state index in [2.05, 4.69) is 17.1 Å². The lowest BCUT2D eigenvalue weighted by Gasteiger charge is -2.33. The van der Waals surface area contributed by atoms with Crippen LogP contribution in [0.3, 0.4) is 0 Å². The summed E-state index contributed by atoms with van der Waals surface area (Å²) in [6.07, 6.45) is 5.18. The number of nitrogens with zero attached hydrogens (tertiary/aromatic N) is 1. The molecule has 1 fully saturated rings. The third-order valence-electron chi connectivity index (χ3n) is 4.13. The van der Waals surface area contributed by atoms with Gasteiger partial charge >= 0.3 is 0 Å². The molecule has 20 heavy (non-hydrogen) atoms. The van der Waals surface area contributed by atoms with Crippen LogP contribution in [0.15, 0.2) is 24.3 Å². The second kappa shape index (κ2) is 7.28. The van der Waals surface area contributed by atoms with Crippen LogP contribution in [-0.2, 0) is 6.54 Å². The van der Waals surface area contributed by atoms with Gasteiger partial charge < -0.3 is 10.2 Å². The van der Waals surface area contributed by atoms with Crippen molar-refractivity contribution >= 4 is 28.9 Å². The van der Waals surface area contributed by atoms with E-state index < -0.39 is 0 Å². The molecule has 1 aliphatic rings. The number of hydrogen-bond acceptors (Lipinski definition) is 1. The van der Waals surface area contributed by atoms with E-state index >= 15 is 0 Å². The van der Waals surface area contributed by atoms with Crippen molar-refractivity contribution in [3.05, 3.63) is 34.9 Å². The fourth-order valence-electron chi connectivity index (χ4n) is 2.75. The molecule has 1 aliphatic carbocycles. The van der Waals surface area contributed by atoms with Crippen LogP contribution < -0.4 is 5.32 Å². The summed E-state index contributed by atoms with van der Waals surface area (Å²) in [6, 6.07) is 8.45. The molecule has 0 aliphatic heterocycles. The summed E-state index contributed by atoms with van der Waals surface area (Å²) >= 11 is 11.7. The first-order chi connectivity index (χ1) is 9.58. The first-order valence-electron chi connectivity index (χ1n) is 7.33. The Kier molecular flexibility index (Phi) is 5.67. The van der Waals surface area contributed by atoms with Gasteiger partial charge in [-0.05, 0) is 42.6 Å². The summed E-state index contributed by atoms with van der Waals surface area (Å²) in [5.74, 6) is 0.704. The van der Waals surface area contributed by atoms with E-state index in [9.17, 15) is 0 Å². The second-order valence-corrected chi connectivity index (χ2v) is 6.56. The van der Waals surface area contributed by atoms with Crippen LogP contribution >= 0.6 is 23.8 Å². The van der Waals surface area contributed by atoms with Crippen LogP contribution in [0.4, 0.5) is 0 Å². The van der Waals surface area contributed by atoms with Crippen molar-refractivity contribution in [1.82, 2.24) is 10.2 Å². The van der Waals surface area contributed by atoms with Crippen LogP contribution in [0, 0.1) is 5.92 Å². The molecule has 0 amide bonds. The maximum absolute atomic E-state index is 6.20. The van der Waals surface area contributed by atoms with Crippen molar-refractivity contribution < 1.29 is 0 Å². The van der Waals surface area contributed by atoms with E-state index in [1.807, 2.05) is 31.3 Å². The minimum atomic E-state index is 0.518. The third-order valence-corrected chi connectivity index (χ3v) is 4.93. The molecule has 0 bridgehead atoms. The van der Waals surface area contributed by atoms with Gasteiger partial charge in [0.2, 0.25) is 0 Å². The monoisotopic (exact) mass is 310 g/mol. The molecule has 110 valence electrons. The van der Waals surface area contributed by atoms with E-state index in [1.54, 1.807) is 0 Å². The summed E-state index contributed by atoms with van der Waals surface area (Å²) < 4.78 is 0. The quantitative estimate of drug-likeness (QED) is 0.841. The Hall–Kier alpha value is -0.800. The highest BCUT2D eigenvalue weighted by atomic mass is 35.5. The molecular weight excluding hydrogens is 288 g/mol. The fraction of sp³-hybridized carbons (Fsp3) is 0.562. The summed E-state index contributed by atoms with van der Waals surface area (Å²) in [5.41, 5.74) is 1.11. The highest BCUT2D eigenvalue weighted by Gasteiger charge is 2.22. The van der Waals surface area contributed by atoms with Gasteiger partial charge in [-0.15, -0.1) is 0 Å². The minimum absolute atomic E-state index is 0.518. The Balaban J connectivity index is 1.90. The molecule has 1 saturated carbocycles. The van der Waals surface area contributed by atoms with Gasteiger partial charge in [0.25, 0.3) is 0 Å². The van der Waals surface area contributed by atoms with E-state index in [0.29, 0.717) is 12.0 Å². The molecule has 0 unspecified atom stereocenters. The lowest BCUT2D eigenvalue weighted by molar-refractivity contribution is 0.300. The van der Waals surface area contributed by atoms with E-state index in [1.165, 1.54) is 25.7 Å². The van der Waals surface area contributed by atoms with E-state index in [0.717, 1.165) is 22.2 Å². The zero-order valence-corrected chi connectivity index (χ0v) is 13.8. The van der Waals surface area contributed by atoms with Gasteiger partial charge in [-0.1, -0.05) is 49.6 Å². The van der Waals surface area contributed by atoms with Gasteiger partial charge in [-0.25, -0.2) is 0 Å². The largest absolute Gasteiger partial charge is 0.360 e. The summed E-state index contributed by atoms with van der Waals surface area (Å²) in [5, 5.41) is 5.14. The molecule has 2 nitrogen and oxygen atoms in total. The van der Waals surface area contributed by atoms with Crippen molar-refractivity contribution in [3.63, 3.8) is 0 Å². The summed E-state index contributed by atoms with van der Waals surface area (Å²) in [7, 11) is 2.02. The predicted octanol–water partition coefficient (Wildman–Crippen LogP) is 4.23. The van der Waals surface area contributed by atoms with Crippen molar-refractivity contribution in [2.45, 2.75) is 45.2 Å². The SMILES string of the molecule is C[C@@H]1CCCC[C@@H]1NC(=S)N(C)Cc1ccccc1Cl. The van der Waals surface area contributed by atoms with Gasteiger partial charge in [0.1, 0.15) is 0 Å². The van der Waals surface area contributed by atoms with Crippen molar-refractivity contribution in [2.75, 3.05) is 7.05 Å². The molecule has 1 aromatic rings. The van der Waals surface area contributed by atoms with E-state index in [-0.39, 0.29) is 0 Å². The molecule has 0 spiro atoms. The van der Waals surface area contributed by atoms with Crippen LogP contribution in [0.25, 0.3) is 0 Å². The highest BCUT2D eigenvalue weighted by Crippen LogP contribution is 2.24. The van der Waals surface area contributed by atoms with E-state index in [4.69, 9.17) is 23.8 Å². The topological polar surface area (TPSA) is 15.3 Å². The number of thiocarbonyl (C=S) groups is 1. The normalized spacial score (nSPS) is 22.4. The third kappa shape index (κ3) is 4.10.